The van der Waals surface area contributed by atoms with Crippen molar-refractivity contribution in [2.75, 3.05) is 11.5 Å². The summed E-state index contributed by atoms with van der Waals surface area (Å²) in [6.45, 7) is 3.93. The highest BCUT2D eigenvalue weighted by molar-refractivity contribution is 7.17. The second-order valence-electron chi connectivity index (χ2n) is 9.37. The summed E-state index contributed by atoms with van der Waals surface area (Å²) >= 11 is 7.23. The van der Waals surface area contributed by atoms with Crippen LogP contribution in [-0.2, 0) is 11.3 Å². The number of benzene rings is 3. The Morgan fingerprint density at radius 2 is 1.88 bits per heavy atom. The van der Waals surface area contributed by atoms with E-state index < -0.39 is 17.9 Å². The standard InChI is InChI=1S/C31H23ClN2O6S/c1-3-38-30(37)28-17(2)33-31(41-28)34-25(19-10-7-11-21(14-19)39-16-18-8-5-4-6-9-18)24-26(35)22-15-20(32)12-13-23(22)40-27(24)29(34)36/h4-15,25H,3,16H2,1-2H3. The van der Waals surface area contributed by atoms with E-state index in [9.17, 15) is 14.4 Å². The van der Waals surface area contributed by atoms with Crippen molar-refractivity contribution >= 4 is 50.9 Å². The molecule has 0 spiro atoms. The van der Waals surface area contributed by atoms with Gasteiger partial charge < -0.3 is 13.9 Å². The minimum Gasteiger partial charge on any atom is -0.489 e. The molecule has 1 aliphatic heterocycles. The normalized spacial score (nSPS) is 14.4. The fraction of sp³-hybridized carbons (Fsp3) is 0.161. The van der Waals surface area contributed by atoms with Crippen molar-refractivity contribution in [1.29, 1.82) is 0 Å². The number of ether oxygens (including phenoxy) is 2. The third-order valence-corrected chi connectivity index (χ3v) is 8.08. The van der Waals surface area contributed by atoms with Gasteiger partial charge in [0.2, 0.25) is 5.76 Å². The third kappa shape index (κ3) is 4.87. The average Bonchev–Trinajstić information content (AvgIpc) is 3.50. The highest BCUT2D eigenvalue weighted by atomic mass is 35.5. The van der Waals surface area contributed by atoms with Crippen molar-refractivity contribution < 1.29 is 23.5 Å². The Kier molecular flexibility index (Phi) is 7.07. The van der Waals surface area contributed by atoms with Gasteiger partial charge >= 0.3 is 5.97 Å². The largest absolute Gasteiger partial charge is 0.489 e. The zero-order chi connectivity index (χ0) is 28.7. The summed E-state index contributed by atoms with van der Waals surface area (Å²) in [4.78, 5) is 46.7. The van der Waals surface area contributed by atoms with Gasteiger partial charge in [-0.2, -0.15) is 0 Å². The molecule has 0 saturated carbocycles. The van der Waals surface area contributed by atoms with Crippen molar-refractivity contribution in [1.82, 2.24) is 4.98 Å². The lowest BCUT2D eigenvalue weighted by atomic mass is 9.98. The zero-order valence-electron chi connectivity index (χ0n) is 22.0. The molecule has 0 bridgehead atoms. The van der Waals surface area contributed by atoms with Crippen LogP contribution in [0.2, 0.25) is 5.02 Å². The molecular weight excluding hydrogens is 564 g/mol. The van der Waals surface area contributed by atoms with E-state index in [2.05, 4.69) is 4.98 Å². The summed E-state index contributed by atoms with van der Waals surface area (Å²) in [6, 6.07) is 20.7. The number of thiazole rings is 1. The van der Waals surface area contributed by atoms with Crippen molar-refractivity contribution in [3.63, 3.8) is 0 Å². The first kappa shape index (κ1) is 26.7. The molecule has 5 aromatic rings. The number of hydrogen-bond acceptors (Lipinski definition) is 8. The number of hydrogen-bond donors (Lipinski definition) is 0. The minimum absolute atomic E-state index is 0.0871. The smallest absolute Gasteiger partial charge is 0.350 e. The number of carbonyl (C=O) groups excluding carboxylic acids is 2. The number of anilines is 1. The first-order valence-corrected chi connectivity index (χ1v) is 14.1. The quantitative estimate of drug-likeness (QED) is 0.195. The van der Waals surface area contributed by atoms with E-state index in [0.717, 1.165) is 16.9 Å². The Balaban J connectivity index is 1.49. The first-order valence-electron chi connectivity index (χ1n) is 12.9. The maximum Gasteiger partial charge on any atom is 0.350 e. The Bertz CT molecular complexity index is 1870. The molecule has 0 saturated heterocycles. The molecule has 10 heteroatoms. The lowest BCUT2D eigenvalue weighted by Gasteiger charge is -2.23. The zero-order valence-corrected chi connectivity index (χ0v) is 23.6. The number of amides is 1. The molecule has 1 amide bonds. The van der Waals surface area contributed by atoms with Crippen LogP contribution in [-0.4, -0.2) is 23.5 Å². The predicted molar refractivity (Wildman–Crippen MR) is 156 cm³/mol. The number of rotatable bonds is 7. The van der Waals surface area contributed by atoms with Crippen LogP contribution < -0.4 is 15.1 Å². The molecule has 1 unspecified atom stereocenters. The monoisotopic (exact) mass is 586 g/mol. The molecule has 0 radical (unpaired) electrons. The van der Waals surface area contributed by atoms with E-state index in [0.29, 0.717) is 28.6 Å². The highest BCUT2D eigenvalue weighted by Crippen LogP contribution is 2.44. The second kappa shape index (κ2) is 10.8. The van der Waals surface area contributed by atoms with Crippen LogP contribution in [0.15, 0.2) is 82.0 Å². The van der Waals surface area contributed by atoms with Crippen molar-refractivity contribution in [2.45, 2.75) is 26.5 Å². The highest BCUT2D eigenvalue weighted by Gasteiger charge is 2.45. The molecular formula is C31H23ClN2O6S. The molecule has 3 aromatic carbocycles. The number of halogens is 1. The maximum atomic E-state index is 13.9. The SMILES string of the molecule is CCOC(=O)c1sc(N2C(=O)c3oc4ccc(Cl)cc4c(=O)c3C2c2cccc(OCc3ccccc3)c2)nc1C. The van der Waals surface area contributed by atoms with E-state index in [1.54, 1.807) is 38.1 Å². The summed E-state index contributed by atoms with van der Waals surface area (Å²) < 4.78 is 17.2. The fourth-order valence-corrected chi connectivity index (χ4v) is 6.00. The summed E-state index contributed by atoms with van der Waals surface area (Å²) in [6.07, 6.45) is 0. The number of carbonyl (C=O) groups is 2. The lowest BCUT2D eigenvalue weighted by molar-refractivity contribution is 0.0531. The Morgan fingerprint density at radius 3 is 2.66 bits per heavy atom. The van der Waals surface area contributed by atoms with E-state index in [-0.39, 0.29) is 44.3 Å². The van der Waals surface area contributed by atoms with E-state index in [1.165, 1.54) is 11.0 Å². The van der Waals surface area contributed by atoms with Gasteiger partial charge in [0.25, 0.3) is 5.91 Å². The van der Waals surface area contributed by atoms with Gasteiger partial charge in [-0.1, -0.05) is 65.4 Å². The first-order chi connectivity index (χ1) is 19.9. The van der Waals surface area contributed by atoms with Crippen LogP contribution in [0.25, 0.3) is 11.0 Å². The molecule has 2 aromatic heterocycles. The molecule has 1 aliphatic rings. The molecule has 0 fully saturated rings. The summed E-state index contributed by atoms with van der Waals surface area (Å²) in [5.74, 6) is -0.599. The summed E-state index contributed by atoms with van der Waals surface area (Å²) in [7, 11) is 0. The Hall–Kier alpha value is -4.47. The number of nitrogens with zero attached hydrogens (tertiary/aromatic N) is 2. The second-order valence-corrected chi connectivity index (χ2v) is 10.8. The van der Waals surface area contributed by atoms with Gasteiger partial charge in [0, 0.05) is 5.02 Å². The van der Waals surface area contributed by atoms with Gasteiger partial charge in [-0.05, 0) is 55.3 Å². The predicted octanol–water partition coefficient (Wildman–Crippen LogP) is 6.72. The van der Waals surface area contributed by atoms with Gasteiger partial charge in [0.1, 0.15) is 22.8 Å². The average molecular weight is 587 g/mol. The third-order valence-electron chi connectivity index (χ3n) is 6.71. The van der Waals surface area contributed by atoms with Crippen molar-refractivity contribution in [3.8, 4) is 5.75 Å². The molecule has 206 valence electrons. The molecule has 1 atom stereocenters. The van der Waals surface area contributed by atoms with Crippen LogP contribution in [0, 0.1) is 6.92 Å². The van der Waals surface area contributed by atoms with Crippen LogP contribution in [0.3, 0.4) is 0 Å². The van der Waals surface area contributed by atoms with Gasteiger partial charge in [-0.25, -0.2) is 9.78 Å². The molecule has 3 heterocycles. The lowest BCUT2D eigenvalue weighted by Crippen LogP contribution is -2.29. The Morgan fingerprint density at radius 1 is 1.07 bits per heavy atom. The van der Waals surface area contributed by atoms with Crippen LogP contribution in [0.4, 0.5) is 5.13 Å². The van der Waals surface area contributed by atoms with Crippen molar-refractivity contribution in [2.24, 2.45) is 0 Å². The number of esters is 1. The fourth-order valence-electron chi connectivity index (χ4n) is 4.84. The molecule has 6 rings (SSSR count). The maximum absolute atomic E-state index is 13.9. The minimum atomic E-state index is -0.891. The van der Waals surface area contributed by atoms with E-state index in [4.69, 9.17) is 25.5 Å². The van der Waals surface area contributed by atoms with Gasteiger partial charge in [0.05, 0.1) is 29.3 Å². The van der Waals surface area contributed by atoms with Gasteiger partial charge in [0.15, 0.2) is 10.6 Å². The van der Waals surface area contributed by atoms with Crippen LogP contribution in [0.1, 0.15) is 55.6 Å². The molecule has 41 heavy (non-hydrogen) atoms. The van der Waals surface area contributed by atoms with Gasteiger partial charge in [-0.15, -0.1) is 0 Å². The molecule has 0 aliphatic carbocycles. The van der Waals surface area contributed by atoms with E-state index in [1.807, 2.05) is 42.5 Å². The van der Waals surface area contributed by atoms with Crippen molar-refractivity contribution in [3.05, 3.63) is 121 Å². The van der Waals surface area contributed by atoms with Gasteiger partial charge in [-0.3, -0.25) is 14.5 Å². The molecule has 8 nitrogen and oxygen atoms in total. The van der Waals surface area contributed by atoms with E-state index >= 15 is 0 Å². The number of aryl methyl sites for hydroxylation is 1. The van der Waals surface area contributed by atoms with Crippen LogP contribution in [0.5, 0.6) is 5.75 Å². The number of fused-ring (bicyclic) bond motifs is 2. The molecule has 0 N–H and O–H groups in total. The Labute approximate surface area is 243 Å². The summed E-state index contributed by atoms with van der Waals surface area (Å²) in [5.41, 5.74) is 2.06. The van der Waals surface area contributed by atoms with Crippen LogP contribution >= 0.6 is 22.9 Å². The number of aromatic nitrogens is 1. The topological polar surface area (TPSA) is 98.9 Å². The summed E-state index contributed by atoms with van der Waals surface area (Å²) in [5, 5.41) is 0.868.